The van der Waals surface area contributed by atoms with Crippen molar-refractivity contribution in [1.82, 2.24) is 0 Å². The van der Waals surface area contributed by atoms with E-state index in [1.807, 2.05) is 11.8 Å². The minimum Gasteiger partial charge on any atom is -0.383 e. The maximum absolute atomic E-state index is 3.61. The maximum Gasteiger partial charge on any atom is 0.213 e. The summed E-state index contributed by atoms with van der Waals surface area (Å²) in [5.41, 5.74) is 5.92. The Labute approximate surface area is 157 Å². The minimum atomic E-state index is 0.921. The van der Waals surface area contributed by atoms with Gasteiger partial charge in [-0.15, -0.1) is 11.8 Å². The summed E-state index contributed by atoms with van der Waals surface area (Å²) in [7, 11) is 0. The van der Waals surface area contributed by atoms with Crippen LogP contribution in [0.25, 0.3) is 21.8 Å². The van der Waals surface area contributed by atoms with E-state index in [2.05, 4.69) is 89.8 Å². The molecule has 130 valence electrons. The number of rotatable bonds is 5. The Morgan fingerprint density at radius 2 is 1.42 bits per heavy atom. The molecule has 0 fully saturated rings. The third kappa shape index (κ3) is 3.51. The average Bonchev–Trinajstić information content (AvgIpc) is 2.64. The molecule has 4 aromatic rings. The first-order chi connectivity index (χ1) is 12.7. The van der Waals surface area contributed by atoms with Crippen LogP contribution in [0.4, 0.5) is 5.69 Å². The Kier molecular flexibility index (Phi) is 4.76. The summed E-state index contributed by atoms with van der Waals surface area (Å²) in [6.07, 6.45) is 0. The molecule has 0 saturated carbocycles. The number of nitrogens with one attached hydrogen (secondary N) is 3. The Morgan fingerprint density at radius 3 is 2.19 bits per heavy atom. The normalized spacial score (nSPS) is 11.2. The van der Waals surface area contributed by atoms with E-state index in [1.54, 1.807) is 0 Å². The van der Waals surface area contributed by atoms with Crippen LogP contribution in [0, 0.1) is 13.8 Å². The molecule has 3 N–H and O–H groups in total. The van der Waals surface area contributed by atoms with Crippen molar-refractivity contribution in [2.45, 2.75) is 18.7 Å². The molecule has 0 saturated heterocycles. The monoisotopic (exact) mass is 361 g/mol. The van der Waals surface area contributed by atoms with Crippen LogP contribution in [0.5, 0.6) is 0 Å². The maximum atomic E-state index is 3.61. The zero-order valence-electron chi connectivity index (χ0n) is 15.1. The molecule has 4 rings (SSSR count). The smallest absolute Gasteiger partial charge is 0.213 e. The van der Waals surface area contributed by atoms with Crippen LogP contribution >= 0.6 is 11.8 Å². The van der Waals surface area contributed by atoms with Crippen LogP contribution in [-0.4, -0.2) is 12.3 Å². The summed E-state index contributed by atoms with van der Waals surface area (Å²) in [5, 5.41) is 6.14. The molecule has 26 heavy (non-hydrogen) atoms. The van der Waals surface area contributed by atoms with E-state index in [-0.39, 0.29) is 0 Å². The fourth-order valence-electron chi connectivity index (χ4n) is 3.31. The topological polar surface area (TPSA) is 40.3 Å². The highest BCUT2D eigenvalue weighted by Crippen LogP contribution is 2.26. The number of aromatic nitrogens is 2. The number of H-pyrrole nitrogens is 2. The Bertz CT molecular complexity index is 988. The van der Waals surface area contributed by atoms with E-state index in [9.17, 15) is 0 Å². The highest BCUT2D eigenvalue weighted by Gasteiger charge is 2.10. The molecule has 0 atom stereocenters. The second-order valence-electron chi connectivity index (χ2n) is 6.55. The second-order valence-corrected chi connectivity index (χ2v) is 7.69. The lowest BCUT2D eigenvalue weighted by Crippen LogP contribution is -2.12. The molecule has 0 bridgehead atoms. The number of anilines is 1. The van der Waals surface area contributed by atoms with Crippen molar-refractivity contribution in [1.29, 1.82) is 0 Å². The highest BCUT2D eigenvalue weighted by molar-refractivity contribution is 7.99. The number of aryl methyl sites for hydroxylation is 2. The molecule has 3 nitrogen and oxygen atoms in total. The van der Waals surface area contributed by atoms with Gasteiger partial charge < -0.3 is 5.32 Å². The lowest BCUT2D eigenvalue weighted by molar-refractivity contribution is -0.355. The van der Waals surface area contributed by atoms with Gasteiger partial charge in [0, 0.05) is 55.3 Å². The molecule has 0 unspecified atom stereocenters. The third-order valence-corrected chi connectivity index (χ3v) is 5.51. The van der Waals surface area contributed by atoms with E-state index in [4.69, 9.17) is 0 Å². The van der Waals surface area contributed by atoms with Crippen LogP contribution in [0.3, 0.4) is 0 Å². The fraction of sp³-hybridized carbons (Fsp3) is 0.182. The van der Waals surface area contributed by atoms with Gasteiger partial charge in [0.05, 0.1) is 16.5 Å². The van der Waals surface area contributed by atoms with Gasteiger partial charge in [0.15, 0.2) is 11.4 Å². The van der Waals surface area contributed by atoms with Crippen molar-refractivity contribution in [2.75, 3.05) is 17.6 Å². The SMILES string of the molecule is Cc1cc(NCCSc2cc(C)[nH+]c3ccccc23)c2ccccc2[nH+]1. The molecular formula is C22H23N3S+2. The van der Waals surface area contributed by atoms with Crippen LogP contribution < -0.4 is 15.3 Å². The van der Waals surface area contributed by atoms with Crippen molar-refractivity contribution in [3.05, 3.63) is 72.1 Å². The number of aromatic amines is 2. The highest BCUT2D eigenvalue weighted by atomic mass is 32.2. The van der Waals surface area contributed by atoms with E-state index in [0.717, 1.165) is 12.3 Å². The summed E-state index contributed by atoms with van der Waals surface area (Å²) in [4.78, 5) is 8.20. The molecule has 0 amide bonds. The molecule has 4 heteroatoms. The van der Waals surface area contributed by atoms with Gasteiger partial charge in [-0.2, -0.15) is 0 Å². The van der Waals surface area contributed by atoms with Crippen LogP contribution in [0.15, 0.2) is 65.6 Å². The number of hydrogen-bond acceptors (Lipinski definition) is 2. The molecule has 0 radical (unpaired) electrons. The van der Waals surface area contributed by atoms with Gasteiger partial charge in [0.1, 0.15) is 0 Å². The number of benzene rings is 2. The van der Waals surface area contributed by atoms with E-state index >= 15 is 0 Å². The first kappa shape index (κ1) is 16.9. The van der Waals surface area contributed by atoms with Gasteiger partial charge in [-0.25, -0.2) is 9.97 Å². The Morgan fingerprint density at radius 1 is 0.808 bits per heavy atom. The molecule has 0 aliphatic rings. The number of thioether (sulfide) groups is 1. The summed E-state index contributed by atoms with van der Waals surface area (Å²) >= 11 is 1.90. The van der Waals surface area contributed by atoms with Crippen molar-refractivity contribution in [3.8, 4) is 0 Å². The van der Waals surface area contributed by atoms with Gasteiger partial charge >= 0.3 is 0 Å². The molecule has 2 heterocycles. The van der Waals surface area contributed by atoms with E-state index in [1.165, 1.54) is 43.8 Å². The summed E-state index contributed by atoms with van der Waals surface area (Å²) < 4.78 is 0. The van der Waals surface area contributed by atoms with Crippen molar-refractivity contribution in [3.63, 3.8) is 0 Å². The van der Waals surface area contributed by atoms with Gasteiger partial charge in [0.25, 0.3) is 0 Å². The van der Waals surface area contributed by atoms with Crippen molar-refractivity contribution < 1.29 is 9.97 Å². The quantitative estimate of drug-likeness (QED) is 0.422. The first-order valence-electron chi connectivity index (χ1n) is 8.91. The van der Waals surface area contributed by atoms with Gasteiger partial charge in [-0.1, -0.05) is 24.3 Å². The molecule has 2 aromatic carbocycles. The fourth-order valence-corrected chi connectivity index (χ4v) is 4.33. The first-order valence-corrected chi connectivity index (χ1v) is 9.89. The number of pyridine rings is 2. The predicted octanol–water partition coefficient (Wildman–Crippen LogP) is 4.44. The zero-order chi connectivity index (χ0) is 17.9. The van der Waals surface area contributed by atoms with Crippen LogP contribution in [0.1, 0.15) is 11.4 Å². The number of para-hydroxylation sites is 2. The van der Waals surface area contributed by atoms with Gasteiger partial charge in [-0.3, -0.25) is 0 Å². The standard InChI is InChI=1S/C22H21N3S/c1-15-13-21(17-7-3-5-9-19(17)24-15)23-11-12-26-22-14-16(2)25-20-10-6-4-8-18(20)22/h3-10,13-14H,11-12H2,1-2H3,(H,23,24)/p+2. The van der Waals surface area contributed by atoms with Crippen LogP contribution in [-0.2, 0) is 0 Å². The largest absolute Gasteiger partial charge is 0.383 e. The van der Waals surface area contributed by atoms with Gasteiger partial charge in [-0.05, 0) is 12.1 Å². The van der Waals surface area contributed by atoms with Crippen LogP contribution in [0.2, 0.25) is 0 Å². The van der Waals surface area contributed by atoms with E-state index < -0.39 is 0 Å². The molecule has 0 aliphatic carbocycles. The van der Waals surface area contributed by atoms with E-state index in [0.29, 0.717) is 0 Å². The number of fused-ring (bicyclic) bond motifs is 2. The Hall–Kier alpha value is -2.59. The zero-order valence-corrected chi connectivity index (χ0v) is 15.9. The lowest BCUT2D eigenvalue weighted by Gasteiger charge is -2.09. The average molecular weight is 362 g/mol. The number of hydrogen-bond donors (Lipinski definition) is 1. The Balaban J connectivity index is 1.48. The van der Waals surface area contributed by atoms with Crippen molar-refractivity contribution >= 4 is 39.3 Å². The molecule has 0 spiro atoms. The van der Waals surface area contributed by atoms with Crippen molar-refractivity contribution in [2.24, 2.45) is 0 Å². The van der Waals surface area contributed by atoms with Gasteiger partial charge in [0.2, 0.25) is 11.0 Å². The molecular weight excluding hydrogens is 338 g/mol. The predicted molar refractivity (Wildman–Crippen MR) is 110 cm³/mol. The third-order valence-electron chi connectivity index (χ3n) is 4.46. The second kappa shape index (κ2) is 7.34. The molecule has 2 aromatic heterocycles. The minimum absolute atomic E-state index is 0.921. The summed E-state index contributed by atoms with van der Waals surface area (Å²) in [6.45, 7) is 5.13. The molecule has 0 aliphatic heterocycles. The lowest BCUT2D eigenvalue weighted by atomic mass is 10.1. The summed E-state index contributed by atoms with van der Waals surface area (Å²) in [6, 6.07) is 21.4. The summed E-state index contributed by atoms with van der Waals surface area (Å²) in [5.74, 6) is 1.01.